The number of fused-ring (bicyclic) bond motifs is 1. The summed E-state index contributed by atoms with van der Waals surface area (Å²) in [5.41, 5.74) is 3.84. The van der Waals surface area contributed by atoms with Gasteiger partial charge in [0, 0.05) is 36.5 Å². The monoisotopic (exact) mass is 376 g/mol. The quantitative estimate of drug-likeness (QED) is 0.828. The summed E-state index contributed by atoms with van der Waals surface area (Å²) < 4.78 is 13.2. The summed E-state index contributed by atoms with van der Waals surface area (Å²) in [5.74, 6) is 0.104. The van der Waals surface area contributed by atoms with E-state index in [1.807, 2.05) is 6.92 Å². The molecule has 0 aromatic carbocycles. The molecule has 0 unspecified atom stereocenters. The van der Waals surface area contributed by atoms with E-state index < -0.39 is 0 Å². The van der Waals surface area contributed by atoms with Gasteiger partial charge in [-0.15, -0.1) is 0 Å². The fourth-order valence-electron chi connectivity index (χ4n) is 4.26. The Bertz CT molecular complexity index is 714. The third kappa shape index (κ3) is 4.43. The van der Waals surface area contributed by atoms with E-state index in [9.17, 15) is 9.59 Å². The molecule has 1 aromatic rings. The maximum Gasteiger partial charge on any atom is 0.224 e. The van der Waals surface area contributed by atoms with Crippen molar-refractivity contribution in [3.63, 3.8) is 0 Å². The lowest BCUT2D eigenvalue weighted by Gasteiger charge is -2.30. The number of amides is 1. The minimum Gasteiger partial charge on any atom is -0.376 e. The number of ketones is 1. The van der Waals surface area contributed by atoms with Crippen LogP contribution >= 0.6 is 0 Å². The van der Waals surface area contributed by atoms with E-state index in [1.165, 1.54) is 0 Å². The lowest BCUT2D eigenvalue weighted by molar-refractivity contribution is -0.123. The van der Waals surface area contributed by atoms with Crippen molar-refractivity contribution in [2.75, 3.05) is 26.4 Å². The zero-order valence-corrected chi connectivity index (χ0v) is 17.0. The lowest BCUT2D eigenvalue weighted by atomic mass is 9.75. The first-order chi connectivity index (χ1) is 12.8. The number of Topliss-reactive ketones (excluding diaryl/α,β-unsaturated/α-hetero) is 1. The molecule has 0 saturated carbocycles. The van der Waals surface area contributed by atoms with Crippen molar-refractivity contribution in [3.05, 3.63) is 22.5 Å². The van der Waals surface area contributed by atoms with Crippen LogP contribution in [-0.4, -0.2) is 48.7 Å². The molecule has 1 fully saturated rings. The molecule has 1 N–H and O–H groups in total. The Balaban J connectivity index is 1.78. The van der Waals surface area contributed by atoms with E-state index in [0.29, 0.717) is 32.8 Å². The van der Waals surface area contributed by atoms with Crippen molar-refractivity contribution in [1.29, 1.82) is 0 Å². The van der Waals surface area contributed by atoms with Gasteiger partial charge in [0.15, 0.2) is 5.78 Å². The molecule has 1 aliphatic heterocycles. The highest BCUT2D eigenvalue weighted by atomic mass is 16.6. The van der Waals surface area contributed by atoms with Gasteiger partial charge >= 0.3 is 0 Å². The number of hydrogen-bond acceptors (Lipinski definition) is 4. The molecule has 27 heavy (non-hydrogen) atoms. The first-order valence-corrected chi connectivity index (χ1v) is 10.0. The molecule has 6 nitrogen and oxygen atoms in total. The van der Waals surface area contributed by atoms with Crippen molar-refractivity contribution in [2.24, 2.45) is 5.41 Å². The van der Waals surface area contributed by atoms with Gasteiger partial charge in [0.1, 0.15) is 0 Å². The molecule has 0 bridgehead atoms. The van der Waals surface area contributed by atoms with Gasteiger partial charge < -0.3 is 19.4 Å². The predicted octanol–water partition coefficient (Wildman–Crippen LogP) is 2.44. The highest BCUT2D eigenvalue weighted by Crippen LogP contribution is 2.38. The van der Waals surface area contributed by atoms with Crippen LogP contribution in [0.4, 0.5) is 0 Å². The number of nitrogens with zero attached hydrogens (tertiary/aromatic N) is 1. The summed E-state index contributed by atoms with van der Waals surface area (Å²) in [5, 5.41) is 2.94. The average Bonchev–Trinajstić information content (AvgIpc) is 2.86. The molecule has 1 aromatic heterocycles. The van der Waals surface area contributed by atoms with E-state index >= 15 is 0 Å². The number of ether oxygens (including phenoxy) is 2. The van der Waals surface area contributed by atoms with E-state index in [0.717, 1.165) is 41.9 Å². The molecule has 1 amide bonds. The first kappa shape index (κ1) is 20.1. The number of carbonyl (C=O) groups is 2. The molecule has 1 saturated heterocycles. The lowest BCUT2D eigenvalue weighted by Crippen LogP contribution is -2.40. The largest absolute Gasteiger partial charge is 0.376 e. The van der Waals surface area contributed by atoms with Gasteiger partial charge in [-0.1, -0.05) is 20.8 Å². The minimum atomic E-state index is -0.0927. The summed E-state index contributed by atoms with van der Waals surface area (Å²) in [6.45, 7) is 11.5. The van der Waals surface area contributed by atoms with Crippen molar-refractivity contribution >= 4 is 11.7 Å². The van der Waals surface area contributed by atoms with Crippen molar-refractivity contribution in [2.45, 2.75) is 66.0 Å². The van der Waals surface area contributed by atoms with Crippen LogP contribution in [0.25, 0.3) is 0 Å². The summed E-state index contributed by atoms with van der Waals surface area (Å²) >= 11 is 0. The van der Waals surface area contributed by atoms with Gasteiger partial charge in [-0.2, -0.15) is 0 Å². The van der Waals surface area contributed by atoms with Crippen molar-refractivity contribution in [1.82, 2.24) is 9.88 Å². The molecule has 6 heteroatoms. The number of nitrogens with one attached hydrogen (secondary N) is 1. The highest BCUT2D eigenvalue weighted by molar-refractivity contribution is 6.01. The smallest absolute Gasteiger partial charge is 0.224 e. The SMILES string of the molecule is CCCn1c(C)c(CC(=O)NC[C@@H]2COCCO2)c2c1CC(C)(C)CC2=O. The van der Waals surface area contributed by atoms with E-state index in [4.69, 9.17) is 9.47 Å². The summed E-state index contributed by atoms with van der Waals surface area (Å²) in [7, 11) is 0. The molecular formula is C21H32N2O4. The molecule has 150 valence electrons. The minimum absolute atomic E-state index is 0.0295. The van der Waals surface area contributed by atoms with Gasteiger partial charge in [-0.05, 0) is 30.7 Å². The van der Waals surface area contributed by atoms with E-state index in [2.05, 4.69) is 30.7 Å². The van der Waals surface area contributed by atoms with Crippen molar-refractivity contribution < 1.29 is 19.1 Å². The Hall–Kier alpha value is -1.66. The molecule has 0 spiro atoms. The Morgan fingerprint density at radius 1 is 1.30 bits per heavy atom. The van der Waals surface area contributed by atoms with Gasteiger partial charge in [-0.25, -0.2) is 0 Å². The molecule has 1 atom stereocenters. The van der Waals surface area contributed by atoms with Crippen LogP contribution in [-0.2, 0) is 33.7 Å². The van der Waals surface area contributed by atoms with Crippen LogP contribution in [0.15, 0.2) is 0 Å². The number of carbonyl (C=O) groups excluding carboxylic acids is 2. The van der Waals surface area contributed by atoms with Crippen LogP contribution in [0.1, 0.15) is 60.9 Å². The van der Waals surface area contributed by atoms with Crippen LogP contribution in [0, 0.1) is 12.3 Å². The van der Waals surface area contributed by atoms with Crippen LogP contribution in [0.3, 0.4) is 0 Å². The number of aromatic nitrogens is 1. The van der Waals surface area contributed by atoms with Crippen LogP contribution in [0.5, 0.6) is 0 Å². The number of rotatable bonds is 6. The van der Waals surface area contributed by atoms with E-state index in [1.54, 1.807) is 0 Å². The normalized spacial score (nSPS) is 21.8. The third-order valence-corrected chi connectivity index (χ3v) is 5.52. The van der Waals surface area contributed by atoms with Gasteiger partial charge in [-0.3, -0.25) is 9.59 Å². The average molecular weight is 376 g/mol. The first-order valence-electron chi connectivity index (χ1n) is 10.0. The molecule has 2 aliphatic rings. The number of hydrogen-bond donors (Lipinski definition) is 1. The Labute approximate surface area is 161 Å². The Morgan fingerprint density at radius 3 is 2.74 bits per heavy atom. The molecular weight excluding hydrogens is 344 g/mol. The van der Waals surface area contributed by atoms with Gasteiger partial charge in [0.2, 0.25) is 5.91 Å². The Kier molecular flexibility index (Phi) is 6.06. The molecule has 0 radical (unpaired) electrons. The standard InChI is InChI=1S/C21H32N2O4/c1-5-6-23-14(2)16(20-17(23)10-21(3,4)11-18(20)24)9-19(25)22-12-15-13-26-7-8-27-15/h15H,5-13H2,1-4H3,(H,22,25)/t15-/m1/s1. The molecule has 2 heterocycles. The highest BCUT2D eigenvalue weighted by Gasteiger charge is 2.36. The third-order valence-electron chi connectivity index (χ3n) is 5.52. The van der Waals surface area contributed by atoms with Crippen LogP contribution in [0.2, 0.25) is 0 Å². The maximum atomic E-state index is 12.9. The van der Waals surface area contributed by atoms with Gasteiger partial charge in [0.25, 0.3) is 0 Å². The van der Waals surface area contributed by atoms with E-state index in [-0.39, 0.29) is 29.6 Å². The summed E-state index contributed by atoms with van der Waals surface area (Å²) in [6.07, 6.45) is 2.57. The Morgan fingerprint density at radius 2 is 2.07 bits per heavy atom. The summed E-state index contributed by atoms with van der Waals surface area (Å²) in [6, 6.07) is 0. The second-order valence-electron chi connectivity index (χ2n) is 8.53. The topological polar surface area (TPSA) is 69.6 Å². The molecule has 1 aliphatic carbocycles. The predicted molar refractivity (Wildman–Crippen MR) is 103 cm³/mol. The fourth-order valence-corrected chi connectivity index (χ4v) is 4.26. The molecule has 3 rings (SSSR count). The maximum absolute atomic E-state index is 12.9. The van der Waals surface area contributed by atoms with Crippen LogP contribution < -0.4 is 5.32 Å². The fraction of sp³-hybridized carbons (Fsp3) is 0.714. The second kappa shape index (κ2) is 8.15. The second-order valence-corrected chi connectivity index (χ2v) is 8.53. The zero-order valence-electron chi connectivity index (χ0n) is 17.0. The summed E-state index contributed by atoms with van der Waals surface area (Å²) in [4.78, 5) is 25.5. The van der Waals surface area contributed by atoms with Gasteiger partial charge in [0.05, 0.1) is 32.3 Å². The van der Waals surface area contributed by atoms with Crippen molar-refractivity contribution in [3.8, 4) is 0 Å². The zero-order chi connectivity index (χ0) is 19.6.